The van der Waals surface area contributed by atoms with Crippen LogP contribution in [0.3, 0.4) is 0 Å². The van der Waals surface area contributed by atoms with Crippen LogP contribution in [0.15, 0.2) is 6.20 Å². The highest BCUT2D eigenvalue weighted by Gasteiger charge is 2.25. The topological polar surface area (TPSA) is 75.1 Å². The van der Waals surface area contributed by atoms with Gasteiger partial charge in [-0.2, -0.15) is 0 Å². The first kappa shape index (κ1) is 10.7. The number of carbonyl (C=O) groups is 1. The Hall–Kier alpha value is -1.79. The molecule has 16 heavy (non-hydrogen) atoms. The van der Waals surface area contributed by atoms with Crippen LogP contribution < -0.4 is 5.32 Å². The number of aromatic nitrogens is 2. The van der Waals surface area contributed by atoms with Gasteiger partial charge in [0.1, 0.15) is 11.3 Å². The second-order valence-corrected chi connectivity index (χ2v) is 3.52. The van der Waals surface area contributed by atoms with Crippen molar-refractivity contribution in [1.82, 2.24) is 9.97 Å². The lowest BCUT2D eigenvalue weighted by atomic mass is 10.2. The van der Waals surface area contributed by atoms with Gasteiger partial charge < -0.3 is 10.4 Å². The first-order chi connectivity index (χ1) is 7.58. The normalized spacial score (nSPS) is 15.2. The lowest BCUT2D eigenvalue weighted by Gasteiger charge is -2.07. The van der Waals surface area contributed by atoms with Crippen LogP contribution in [0.4, 0.5) is 14.7 Å². The predicted octanol–water partition coefficient (Wildman–Crippen LogP) is 1.69. The average molecular weight is 229 g/mol. The Morgan fingerprint density at radius 2 is 2.25 bits per heavy atom. The Labute approximate surface area is 89.5 Å². The predicted molar refractivity (Wildman–Crippen MR) is 50.6 cm³/mol. The van der Waals surface area contributed by atoms with Crippen LogP contribution in [0.2, 0.25) is 0 Å². The van der Waals surface area contributed by atoms with Crippen LogP contribution in [-0.2, 0) is 0 Å². The Kier molecular flexibility index (Phi) is 2.67. The minimum Gasteiger partial charge on any atom is -0.478 e. The van der Waals surface area contributed by atoms with E-state index in [1.807, 2.05) is 0 Å². The summed E-state index contributed by atoms with van der Waals surface area (Å²) in [6, 6.07) is 0.223. The number of alkyl halides is 2. The monoisotopic (exact) mass is 229 g/mol. The van der Waals surface area contributed by atoms with Gasteiger partial charge in [0.15, 0.2) is 0 Å². The fourth-order valence-electron chi connectivity index (χ4n) is 1.21. The summed E-state index contributed by atoms with van der Waals surface area (Å²) in [6.07, 6.45) is -0.113. The van der Waals surface area contributed by atoms with E-state index in [1.165, 1.54) is 0 Å². The number of rotatable bonds is 4. The van der Waals surface area contributed by atoms with Gasteiger partial charge in [0.2, 0.25) is 5.95 Å². The zero-order valence-corrected chi connectivity index (χ0v) is 8.15. The maximum absolute atomic E-state index is 12.5. The number of anilines is 1. The molecule has 0 spiro atoms. The number of halogens is 2. The van der Waals surface area contributed by atoms with Gasteiger partial charge in [-0.25, -0.2) is 23.5 Å². The molecule has 7 heteroatoms. The molecule has 1 fully saturated rings. The van der Waals surface area contributed by atoms with Crippen molar-refractivity contribution in [3.63, 3.8) is 0 Å². The SMILES string of the molecule is O=C(O)c1cnc(NC2CC2)nc1C(F)F. The number of hydrogen-bond acceptors (Lipinski definition) is 4. The van der Waals surface area contributed by atoms with Gasteiger partial charge in [0.05, 0.1) is 0 Å². The molecule has 1 heterocycles. The van der Waals surface area contributed by atoms with Gasteiger partial charge >= 0.3 is 5.97 Å². The van der Waals surface area contributed by atoms with Crippen molar-refractivity contribution in [3.05, 3.63) is 17.5 Å². The molecule has 1 aromatic rings. The average Bonchev–Trinajstić information content (AvgIpc) is 3.01. The number of carboxylic acid groups (broad SMARTS) is 1. The quantitative estimate of drug-likeness (QED) is 0.821. The van der Waals surface area contributed by atoms with Crippen LogP contribution >= 0.6 is 0 Å². The Morgan fingerprint density at radius 1 is 1.56 bits per heavy atom. The van der Waals surface area contributed by atoms with Crippen molar-refractivity contribution in [3.8, 4) is 0 Å². The summed E-state index contributed by atoms with van der Waals surface area (Å²) in [4.78, 5) is 17.8. The van der Waals surface area contributed by atoms with Gasteiger partial charge in [0, 0.05) is 12.2 Å². The van der Waals surface area contributed by atoms with E-state index in [-0.39, 0.29) is 12.0 Å². The molecule has 1 saturated carbocycles. The Bertz CT molecular complexity index is 421. The highest BCUT2D eigenvalue weighted by molar-refractivity contribution is 5.88. The molecular formula is C9H9F2N3O2. The summed E-state index contributed by atoms with van der Waals surface area (Å²) in [7, 11) is 0. The van der Waals surface area contributed by atoms with Crippen molar-refractivity contribution in [2.24, 2.45) is 0 Å². The fourth-order valence-corrected chi connectivity index (χ4v) is 1.21. The largest absolute Gasteiger partial charge is 0.478 e. The molecule has 0 radical (unpaired) electrons. The number of carboxylic acids is 1. The fraction of sp³-hybridized carbons (Fsp3) is 0.444. The van der Waals surface area contributed by atoms with E-state index in [9.17, 15) is 13.6 Å². The van der Waals surface area contributed by atoms with Gasteiger partial charge in [-0.1, -0.05) is 0 Å². The first-order valence-electron chi connectivity index (χ1n) is 4.73. The molecule has 2 rings (SSSR count). The summed E-state index contributed by atoms with van der Waals surface area (Å²) < 4.78 is 25.1. The molecule has 0 bridgehead atoms. The maximum atomic E-state index is 12.5. The summed E-state index contributed by atoms with van der Waals surface area (Å²) >= 11 is 0. The first-order valence-corrected chi connectivity index (χ1v) is 4.73. The highest BCUT2D eigenvalue weighted by atomic mass is 19.3. The molecule has 0 atom stereocenters. The molecule has 0 amide bonds. The summed E-state index contributed by atoms with van der Waals surface area (Å²) in [5, 5.41) is 11.5. The molecule has 0 saturated heterocycles. The third-order valence-electron chi connectivity index (χ3n) is 2.17. The van der Waals surface area contributed by atoms with Crippen molar-refractivity contribution in [1.29, 1.82) is 0 Å². The zero-order valence-electron chi connectivity index (χ0n) is 8.15. The van der Waals surface area contributed by atoms with Gasteiger partial charge in [0.25, 0.3) is 6.43 Å². The minimum atomic E-state index is -2.92. The van der Waals surface area contributed by atoms with E-state index < -0.39 is 23.7 Å². The van der Waals surface area contributed by atoms with Crippen molar-refractivity contribution in [2.45, 2.75) is 25.3 Å². The Morgan fingerprint density at radius 3 is 2.75 bits per heavy atom. The van der Waals surface area contributed by atoms with E-state index in [1.54, 1.807) is 0 Å². The molecule has 1 aromatic heterocycles. The molecule has 0 unspecified atom stereocenters. The molecule has 1 aliphatic carbocycles. The highest BCUT2D eigenvalue weighted by Crippen LogP contribution is 2.25. The smallest absolute Gasteiger partial charge is 0.339 e. The molecule has 1 aliphatic rings. The number of aromatic carboxylic acids is 1. The second kappa shape index (κ2) is 3.99. The standard InChI is InChI=1S/C9H9F2N3O2/c10-7(11)6-5(8(15)16)3-12-9(14-6)13-4-1-2-4/h3-4,7H,1-2H2,(H,15,16)(H,12,13,14). The number of nitrogens with one attached hydrogen (secondary N) is 1. The second-order valence-electron chi connectivity index (χ2n) is 3.52. The molecular weight excluding hydrogens is 220 g/mol. The molecule has 86 valence electrons. The summed E-state index contributed by atoms with van der Waals surface area (Å²) in [5.41, 5.74) is -1.30. The molecule has 0 aromatic carbocycles. The van der Waals surface area contributed by atoms with E-state index in [2.05, 4.69) is 15.3 Å². The van der Waals surface area contributed by atoms with Crippen LogP contribution in [0.1, 0.15) is 35.3 Å². The molecule has 0 aliphatic heterocycles. The minimum absolute atomic E-state index is 0.0581. The summed E-state index contributed by atoms with van der Waals surface area (Å²) in [6.45, 7) is 0. The van der Waals surface area contributed by atoms with Crippen LogP contribution in [0.25, 0.3) is 0 Å². The van der Waals surface area contributed by atoms with Gasteiger partial charge in [-0.05, 0) is 12.8 Å². The van der Waals surface area contributed by atoms with Crippen molar-refractivity contribution < 1.29 is 18.7 Å². The molecule has 2 N–H and O–H groups in total. The summed E-state index contributed by atoms with van der Waals surface area (Å²) in [5.74, 6) is -1.39. The third-order valence-corrected chi connectivity index (χ3v) is 2.17. The van der Waals surface area contributed by atoms with E-state index in [0.717, 1.165) is 19.0 Å². The number of nitrogens with zero attached hydrogens (tertiary/aromatic N) is 2. The zero-order chi connectivity index (χ0) is 11.7. The van der Waals surface area contributed by atoms with Gasteiger partial charge in [-0.3, -0.25) is 0 Å². The van der Waals surface area contributed by atoms with Crippen LogP contribution in [-0.4, -0.2) is 27.1 Å². The Balaban J connectivity index is 2.30. The number of hydrogen-bond donors (Lipinski definition) is 2. The maximum Gasteiger partial charge on any atom is 0.339 e. The lowest BCUT2D eigenvalue weighted by Crippen LogP contribution is -2.11. The van der Waals surface area contributed by atoms with Crippen LogP contribution in [0, 0.1) is 0 Å². The molecule has 5 nitrogen and oxygen atoms in total. The van der Waals surface area contributed by atoms with E-state index in [0.29, 0.717) is 0 Å². The van der Waals surface area contributed by atoms with E-state index in [4.69, 9.17) is 5.11 Å². The lowest BCUT2D eigenvalue weighted by molar-refractivity contribution is 0.0681. The van der Waals surface area contributed by atoms with Gasteiger partial charge in [-0.15, -0.1) is 0 Å². The van der Waals surface area contributed by atoms with Crippen molar-refractivity contribution in [2.75, 3.05) is 5.32 Å². The third kappa shape index (κ3) is 2.23. The van der Waals surface area contributed by atoms with Crippen LogP contribution in [0.5, 0.6) is 0 Å². The van der Waals surface area contributed by atoms with Crippen molar-refractivity contribution >= 4 is 11.9 Å². The van der Waals surface area contributed by atoms with E-state index >= 15 is 0 Å².